The summed E-state index contributed by atoms with van der Waals surface area (Å²) in [6.07, 6.45) is -1.13. The van der Waals surface area contributed by atoms with Crippen molar-refractivity contribution in [3.63, 3.8) is 0 Å². The zero-order valence-electron chi connectivity index (χ0n) is 19.4. The lowest BCUT2D eigenvalue weighted by atomic mass is 10.0. The van der Waals surface area contributed by atoms with Crippen LogP contribution in [0.4, 0.5) is 0 Å². The molecule has 2 fully saturated rings. The summed E-state index contributed by atoms with van der Waals surface area (Å²) in [5.74, 6) is 5.22. The van der Waals surface area contributed by atoms with E-state index in [4.69, 9.17) is 25.8 Å². The van der Waals surface area contributed by atoms with Crippen LogP contribution in [0.5, 0.6) is 0 Å². The van der Waals surface area contributed by atoms with Gasteiger partial charge in [-0.1, -0.05) is 29.7 Å². The summed E-state index contributed by atoms with van der Waals surface area (Å²) < 4.78 is 19.9. The number of nitrogens with zero attached hydrogens (tertiary/aromatic N) is 4. The maximum absolute atomic E-state index is 12.5. The zero-order chi connectivity index (χ0) is 24.2. The smallest absolute Gasteiger partial charge is 0.251 e. The van der Waals surface area contributed by atoms with Gasteiger partial charge in [-0.05, 0) is 50.8 Å². The fourth-order valence-corrected chi connectivity index (χ4v) is 4.50. The molecule has 2 aliphatic rings. The van der Waals surface area contributed by atoms with Gasteiger partial charge in [0, 0.05) is 12.6 Å². The number of nitrogens with one attached hydrogen (secondary N) is 1. The third-order valence-electron chi connectivity index (χ3n) is 6.10. The maximum atomic E-state index is 12.5. The van der Waals surface area contributed by atoms with E-state index in [9.17, 15) is 4.79 Å². The average molecular weight is 482 g/mol. The Bertz CT molecular complexity index is 1360. The molecule has 4 heterocycles. The number of fused-ring (bicyclic) bond motifs is 2. The van der Waals surface area contributed by atoms with Gasteiger partial charge in [-0.3, -0.25) is 9.36 Å². The summed E-state index contributed by atoms with van der Waals surface area (Å²) in [6, 6.07) is 5.94. The maximum Gasteiger partial charge on any atom is 0.251 e. The molecule has 9 nitrogen and oxygen atoms in total. The predicted octanol–water partition coefficient (Wildman–Crippen LogP) is 2.66. The number of rotatable bonds is 2. The molecular weight excluding hydrogens is 458 g/mol. The van der Waals surface area contributed by atoms with Crippen LogP contribution >= 0.6 is 11.6 Å². The Morgan fingerprint density at radius 3 is 2.71 bits per heavy atom. The van der Waals surface area contributed by atoms with Crippen molar-refractivity contribution in [2.75, 3.05) is 7.05 Å². The van der Waals surface area contributed by atoms with E-state index in [0.717, 1.165) is 16.7 Å². The van der Waals surface area contributed by atoms with Crippen LogP contribution in [0.2, 0.25) is 5.15 Å². The number of carbonyl (C=O) groups excluding carboxylic acids is 1. The van der Waals surface area contributed by atoms with Gasteiger partial charge in [0.2, 0.25) is 5.82 Å². The van der Waals surface area contributed by atoms with Crippen molar-refractivity contribution in [2.45, 2.75) is 58.0 Å². The molecule has 2 saturated heterocycles. The highest BCUT2D eigenvalue weighted by Crippen LogP contribution is 2.44. The molecule has 0 radical (unpaired) electrons. The van der Waals surface area contributed by atoms with Gasteiger partial charge in [0.05, 0.1) is 6.33 Å². The summed E-state index contributed by atoms with van der Waals surface area (Å²) in [7, 11) is 1.55. The van der Waals surface area contributed by atoms with E-state index in [-0.39, 0.29) is 16.9 Å². The van der Waals surface area contributed by atoms with Gasteiger partial charge in [0.1, 0.15) is 17.7 Å². The molecule has 4 atom stereocenters. The number of amides is 1. The highest BCUT2D eigenvalue weighted by atomic mass is 35.5. The first kappa shape index (κ1) is 22.7. The number of carbonyl (C=O) groups is 1. The molecule has 5 rings (SSSR count). The highest BCUT2D eigenvalue weighted by molar-refractivity contribution is 6.33. The van der Waals surface area contributed by atoms with Crippen molar-refractivity contribution in [2.24, 2.45) is 0 Å². The Kier molecular flexibility index (Phi) is 5.57. The van der Waals surface area contributed by atoms with Crippen LogP contribution in [-0.4, -0.2) is 56.6 Å². The molecule has 1 aromatic carbocycles. The number of imidazole rings is 1. The first-order valence-corrected chi connectivity index (χ1v) is 11.3. The summed E-state index contributed by atoms with van der Waals surface area (Å²) in [6.45, 7) is 7.66. The fraction of sp³-hybridized carbons (Fsp3) is 0.417. The second-order valence-corrected chi connectivity index (χ2v) is 9.14. The summed E-state index contributed by atoms with van der Waals surface area (Å²) >= 11 is 6.42. The molecule has 2 aromatic heterocycles. The monoisotopic (exact) mass is 481 g/mol. The van der Waals surface area contributed by atoms with Crippen molar-refractivity contribution in [1.29, 1.82) is 0 Å². The van der Waals surface area contributed by atoms with Crippen LogP contribution in [0.25, 0.3) is 11.2 Å². The van der Waals surface area contributed by atoms with Crippen LogP contribution in [0.1, 0.15) is 42.6 Å². The quantitative estimate of drug-likeness (QED) is 0.443. The molecule has 1 unspecified atom stereocenters. The van der Waals surface area contributed by atoms with Gasteiger partial charge in [0.25, 0.3) is 5.91 Å². The van der Waals surface area contributed by atoms with Gasteiger partial charge >= 0.3 is 0 Å². The lowest BCUT2D eigenvalue weighted by Gasteiger charge is -2.24. The van der Waals surface area contributed by atoms with E-state index in [1.54, 1.807) is 31.8 Å². The summed E-state index contributed by atoms with van der Waals surface area (Å²) in [5, 5.41) is 2.80. The first-order chi connectivity index (χ1) is 16.2. The Morgan fingerprint density at radius 1 is 1.18 bits per heavy atom. The van der Waals surface area contributed by atoms with Crippen LogP contribution in [0.3, 0.4) is 0 Å². The molecule has 34 heavy (non-hydrogen) atoms. The molecular formula is C24H24ClN5O4. The van der Waals surface area contributed by atoms with Gasteiger partial charge in [-0.2, -0.15) is 0 Å². The minimum atomic E-state index is -0.866. The van der Waals surface area contributed by atoms with Gasteiger partial charge in [0.15, 0.2) is 28.9 Å². The topological polar surface area (TPSA) is 100 Å². The van der Waals surface area contributed by atoms with Crippen LogP contribution in [0.15, 0.2) is 24.5 Å². The SMILES string of the molecule is CNC(=O)[C@H]1O[C@@H](n2cnc3c(Cl)nc(C#Cc4cccc(C)c4C)nc32)[C@H]2OC(C)(C)OC12. The fourth-order valence-electron chi connectivity index (χ4n) is 4.29. The Balaban J connectivity index is 1.55. The number of aryl methyl sites for hydroxylation is 1. The molecule has 3 aromatic rings. The van der Waals surface area contributed by atoms with Crippen LogP contribution in [-0.2, 0) is 19.0 Å². The highest BCUT2D eigenvalue weighted by Gasteiger charge is 2.58. The van der Waals surface area contributed by atoms with Gasteiger partial charge in [-0.15, -0.1) is 0 Å². The number of halogens is 1. The number of ether oxygens (including phenoxy) is 3. The minimum absolute atomic E-state index is 0.176. The van der Waals surface area contributed by atoms with Gasteiger partial charge < -0.3 is 19.5 Å². The van der Waals surface area contributed by atoms with E-state index in [1.165, 1.54) is 0 Å². The van der Waals surface area contributed by atoms with E-state index < -0.39 is 30.3 Å². The molecule has 0 bridgehead atoms. The Morgan fingerprint density at radius 2 is 1.94 bits per heavy atom. The lowest BCUT2D eigenvalue weighted by Crippen LogP contribution is -2.41. The third kappa shape index (κ3) is 3.83. The number of likely N-dealkylation sites (N-methyl/N-ethyl adjacent to an activating group) is 1. The van der Waals surface area contributed by atoms with Crippen LogP contribution < -0.4 is 5.32 Å². The number of hydrogen-bond acceptors (Lipinski definition) is 7. The van der Waals surface area contributed by atoms with Gasteiger partial charge in [-0.25, -0.2) is 15.0 Å². The normalized spacial score (nSPS) is 25.1. The lowest BCUT2D eigenvalue weighted by molar-refractivity contribution is -0.197. The molecule has 176 valence electrons. The molecule has 10 heteroatoms. The van der Waals surface area contributed by atoms with Crippen molar-refractivity contribution in [3.05, 3.63) is 52.2 Å². The Labute approximate surface area is 201 Å². The largest absolute Gasteiger partial charge is 0.357 e. The predicted molar refractivity (Wildman–Crippen MR) is 124 cm³/mol. The van der Waals surface area contributed by atoms with Crippen molar-refractivity contribution >= 4 is 28.7 Å². The number of aromatic nitrogens is 4. The van der Waals surface area contributed by atoms with E-state index in [1.807, 2.05) is 32.0 Å². The molecule has 1 amide bonds. The van der Waals surface area contributed by atoms with Crippen molar-refractivity contribution in [3.8, 4) is 11.8 Å². The number of benzene rings is 1. The first-order valence-electron chi connectivity index (χ1n) is 10.9. The molecule has 0 saturated carbocycles. The average Bonchev–Trinajstić information content (AvgIpc) is 3.45. The van der Waals surface area contributed by atoms with Crippen molar-refractivity contribution < 1.29 is 19.0 Å². The second-order valence-electron chi connectivity index (χ2n) is 8.79. The van der Waals surface area contributed by atoms with Crippen molar-refractivity contribution in [1.82, 2.24) is 24.8 Å². The summed E-state index contributed by atoms with van der Waals surface area (Å²) in [4.78, 5) is 25.7. The van der Waals surface area contributed by atoms with E-state index in [0.29, 0.717) is 11.2 Å². The number of hydrogen-bond donors (Lipinski definition) is 1. The second kappa shape index (κ2) is 8.32. The molecule has 0 spiro atoms. The minimum Gasteiger partial charge on any atom is -0.357 e. The Hall–Kier alpha value is -3.03. The van der Waals surface area contributed by atoms with E-state index in [2.05, 4.69) is 32.1 Å². The molecule has 1 N–H and O–H groups in total. The molecule has 0 aliphatic carbocycles. The summed E-state index contributed by atoms with van der Waals surface area (Å²) in [5.41, 5.74) is 3.97. The van der Waals surface area contributed by atoms with E-state index >= 15 is 0 Å². The third-order valence-corrected chi connectivity index (χ3v) is 6.36. The van der Waals surface area contributed by atoms with Crippen LogP contribution in [0, 0.1) is 25.7 Å². The standard InChI is InChI=1S/C24H24ClN5O4/c1-12-7-6-8-14(13(12)2)9-10-15-28-20(25)16-21(29-15)30(11-27-16)23-19-17(33-24(3,4)34-19)18(32-23)22(31)26-5/h6-8,11,17-19,23H,1-5H3,(H,26,31)/t17?,18-,19-,23+/m0/s1. The zero-order valence-corrected chi connectivity index (χ0v) is 20.2. The molecule has 2 aliphatic heterocycles.